The first-order valence-corrected chi connectivity index (χ1v) is 5.83. The molecule has 3 N–H and O–H groups in total. The average molecular weight is 258 g/mol. The van der Waals surface area contributed by atoms with Gasteiger partial charge in [-0.15, -0.1) is 0 Å². The van der Waals surface area contributed by atoms with Crippen molar-refractivity contribution in [3.05, 3.63) is 42.6 Å². The van der Waals surface area contributed by atoms with Crippen molar-refractivity contribution in [2.24, 2.45) is 5.73 Å². The van der Waals surface area contributed by atoms with Crippen LogP contribution in [0.2, 0.25) is 0 Å². The molecule has 0 aliphatic heterocycles. The number of hydrogen-bond acceptors (Lipinski definition) is 3. The van der Waals surface area contributed by atoms with Crippen molar-refractivity contribution in [1.29, 1.82) is 0 Å². The number of amides is 3. The predicted molar refractivity (Wildman–Crippen MR) is 70.0 cm³/mol. The molecule has 0 saturated heterocycles. The number of aryl methyl sites for hydroxylation is 1. The summed E-state index contributed by atoms with van der Waals surface area (Å²) in [6.07, 6.45) is 1.94. The minimum absolute atomic E-state index is 0.152. The van der Waals surface area contributed by atoms with Crippen LogP contribution in [-0.4, -0.2) is 21.7 Å². The molecule has 0 aliphatic rings. The van der Waals surface area contributed by atoms with Gasteiger partial charge in [0.25, 0.3) is 0 Å². The Bertz CT molecular complexity index is 577. The Morgan fingerprint density at radius 1 is 1.21 bits per heavy atom. The van der Waals surface area contributed by atoms with E-state index in [0.717, 1.165) is 11.3 Å². The monoisotopic (exact) mass is 258 g/mol. The molecule has 2 rings (SSSR count). The van der Waals surface area contributed by atoms with Gasteiger partial charge in [-0.1, -0.05) is 30.3 Å². The van der Waals surface area contributed by atoms with E-state index in [-0.39, 0.29) is 6.42 Å². The molecule has 0 spiro atoms. The van der Waals surface area contributed by atoms with E-state index in [1.54, 1.807) is 10.9 Å². The van der Waals surface area contributed by atoms with Crippen molar-refractivity contribution >= 4 is 11.9 Å². The first-order chi connectivity index (χ1) is 9.15. The number of rotatable bonds is 4. The smallest absolute Gasteiger partial charge is 0.318 e. The van der Waals surface area contributed by atoms with Crippen LogP contribution < -0.4 is 11.1 Å². The fraction of sp³-hybridized carbons (Fsp3) is 0.154. The van der Waals surface area contributed by atoms with E-state index in [1.165, 1.54) is 0 Å². The maximum atomic E-state index is 11.3. The second-order valence-corrected chi connectivity index (χ2v) is 3.99. The Morgan fingerprint density at radius 3 is 2.63 bits per heavy atom. The van der Waals surface area contributed by atoms with E-state index in [2.05, 4.69) is 5.10 Å². The quantitative estimate of drug-likeness (QED) is 0.861. The van der Waals surface area contributed by atoms with E-state index >= 15 is 0 Å². The summed E-state index contributed by atoms with van der Waals surface area (Å²) in [5, 5.41) is 6.36. The molecule has 6 heteroatoms. The minimum atomic E-state index is -0.838. The summed E-state index contributed by atoms with van der Waals surface area (Å²) in [6, 6.07) is 10.8. The normalized spacial score (nSPS) is 10.1. The van der Waals surface area contributed by atoms with Gasteiger partial charge >= 0.3 is 6.03 Å². The molecule has 0 radical (unpaired) electrons. The van der Waals surface area contributed by atoms with Gasteiger partial charge in [-0.25, -0.2) is 4.79 Å². The van der Waals surface area contributed by atoms with Crippen molar-refractivity contribution in [2.45, 2.75) is 13.0 Å². The molecule has 1 aromatic heterocycles. The lowest BCUT2D eigenvalue weighted by molar-refractivity contribution is -0.120. The maximum absolute atomic E-state index is 11.3. The van der Waals surface area contributed by atoms with Crippen LogP contribution in [0.4, 0.5) is 4.79 Å². The molecule has 3 amide bonds. The largest absolute Gasteiger partial charge is 0.351 e. The number of nitrogens with two attached hydrogens (primary N) is 1. The Kier molecular flexibility index (Phi) is 3.92. The Hall–Kier alpha value is -2.63. The maximum Gasteiger partial charge on any atom is 0.318 e. The highest BCUT2D eigenvalue weighted by Crippen LogP contribution is 2.15. The number of carbonyl (C=O) groups excluding carboxylic acids is 2. The van der Waals surface area contributed by atoms with Crippen LogP contribution in [0.25, 0.3) is 11.3 Å². The first kappa shape index (κ1) is 12.8. The van der Waals surface area contributed by atoms with Crippen LogP contribution >= 0.6 is 0 Å². The van der Waals surface area contributed by atoms with Crippen LogP contribution in [0.5, 0.6) is 0 Å². The summed E-state index contributed by atoms with van der Waals surface area (Å²) in [4.78, 5) is 21.7. The van der Waals surface area contributed by atoms with E-state index in [1.807, 2.05) is 41.7 Å². The first-order valence-electron chi connectivity index (χ1n) is 5.83. The topological polar surface area (TPSA) is 90.0 Å². The van der Waals surface area contributed by atoms with Gasteiger partial charge < -0.3 is 5.73 Å². The van der Waals surface area contributed by atoms with Crippen LogP contribution in [0.3, 0.4) is 0 Å². The lowest BCUT2D eigenvalue weighted by Crippen LogP contribution is -2.35. The molecule has 2 aromatic rings. The highest BCUT2D eigenvalue weighted by atomic mass is 16.2. The van der Waals surface area contributed by atoms with Crippen LogP contribution in [-0.2, 0) is 11.3 Å². The number of benzene rings is 1. The molecular formula is C13H14N4O2. The number of aromatic nitrogens is 2. The zero-order chi connectivity index (χ0) is 13.7. The summed E-state index contributed by atoms with van der Waals surface area (Å²) < 4.78 is 1.66. The fourth-order valence-corrected chi connectivity index (χ4v) is 1.67. The number of nitrogens with zero attached hydrogens (tertiary/aromatic N) is 2. The molecule has 0 aliphatic carbocycles. The number of nitrogens with one attached hydrogen (secondary N) is 1. The SMILES string of the molecule is NC(=O)NC(=O)CCn1ccc(-c2ccccc2)n1. The van der Waals surface area contributed by atoms with Gasteiger partial charge in [0.05, 0.1) is 5.69 Å². The molecule has 0 atom stereocenters. The van der Waals surface area contributed by atoms with Gasteiger partial charge in [0.1, 0.15) is 0 Å². The Morgan fingerprint density at radius 2 is 1.95 bits per heavy atom. The second kappa shape index (κ2) is 5.81. The molecular weight excluding hydrogens is 244 g/mol. The van der Waals surface area contributed by atoms with Gasteiger partial charge in [0.15, 0.2) is 0 Å². The van der Waals surface area contributed by atoms with Crippen LogP contribution in [0.1, 0.15) is 6.42 Å². The molecule has 0 bridgehead atoms. The van der Waals surface area contributed by atoms with Gasteiger partial charge in [-0.3, -0.25) is 14.8 Å². The van der Waals surface area contributed by atoms with E-state index < -0.39 is 11.9 Å². The molecule has 98 valence electrons. The molecule has 0 unspecified atom stereocenters. The summed E-state index contributed by atoms with van der Waals surface area (Å²) in [7, 11) is 0. The van der Waals surface area contributed by atoms with Crippen molar-refractivity contribution in [1.82, 2.24) is 15.1 Å². The predicted octanol–water partition coefficient (Wildman–Crippen LogP) is 1.14. The van der Waals surface area contributed by atoms with Gasteiger partial charge in [0, 0.05) is 24.7 Å². The zero-order valence-electron chi connectivity index (χ0n) is 10.2. The summed E-state index contributed by atoms with van der Waals surface area (Å²) in [6.45, 7) is 0.395. The average Bonchev–Trinajstić information content (AvgIpc) is 2.85. The summed E-state index contributed by atoms with van der Waals surface area (Å²) >= 11 is 0. The third-order valence-electron chi connectivity index (χ3n) is 2.54. The van der Waals surface area contributed by atoms with E-state index in [0.29, 0.717) is 6.54 Å². The minimum Gasteiger partial charge on any atom is -0.351 e. The van der Waals surface area contributed by atoms with E-state index in [4.69, 9.17) is 5.73 Å². The lowest BCUT2D eigenvalue weighted by Gasteiger charge is -2.01. The molecule has 1 heterocycles. The molecule has 1 aromatic carbocycles. The van der Waals surface area contributed by atoms with Crippen LogP contribution in [0, 0.1) is 0 Å². The third kappa shape index (κ3) is 3.67. The van der Waals surface area contributed by atoms with Gasteiger partial charge in [-0.2, -0.15) is 5.10 Å². The highest BCUT2D eigenvalue weighted by Gasteiger charge is 2.06. The second-order valence-electron chi connectivity index (χ2n) is 3.99. The summed E-state index contributed by atoms with van der Waals surface area (Å²) in [5.74, 6) is -0.413. The Labute approximate surface area is 110 Å². The number of carbonyl (C=O) groups is 2. The van der Waals surface area contributed by atoms with Crippen molar-refractivity contribution in [3.63, 3.8) is 0 Å². The number of imide groups is 1. The number of urea groups is 1. The van der Waals surface area contributed by atoms with Gasteiger partial charge in [0.2, 0.25) is 5.91 Å². The molecule has 19 heavy (non-hydrogen) atoms. The van der Waals surface area contributed by atoms with Crippen LogP contribution in [0.15, 0.2) is 42.6 Å². The fourth-order valence-electron chi connectivity index (χ4n) is 1.67. The summed E-state index contributed by atoms with van der Waals surface area (Å²) in [5.41, 5.74) is 6.71. The van der Waals surface area contributed by atoms with Gasteiger partial charge in [-0.05, 0) is 6.07 Å². The molecule has 0 fully saturated rings. The molecule has 0 saturated carbocycles. The van der Waals surface area contributed by atoms with E-state index in [9.17, 15) is 9.59 Å². The van der Waals surface area contributed by atoms with Crippen molar-refractivity contribution < 1.29 is 9.59 Å². The third-order valence-corrected chi connectivity index (χ3v) is 2.54. The Balaban J connectivity index is 1.95. The number of primary amides is 1. The molecule has 6 nitrogen and oxygen atoms in total. The van der Waals surface area contributed by atoms with Crippen molar-refractivity contribution in [3.8, 4) is 11.3 Å². The zero-order valence-corrected chi connectivity index (χ0v) is 10.2. The van der Waals surface area contributed by atoms with Crippen molar-refractivity contribution in [2.75, 3.05) is 0 Å². The highest BCUT2D eigenvalue weighted by molar-refractivity contribution is 5.93. The lowest BCUT2D eigenvalue weighted by atomic mass is 10.2. The standard InChI is InChI=1S/C13H14N4O2/c14-13(19)15-12(18)7-9-17-8-6-11(16-17)10-4-2-1-3-5-10/h1-6,8H,7,9H2,(H3,14,15,18,19). The number of hydrogen-bond donors (Lipinski definition) is 2.